The van der Waals surface area contributed by atoms with Crippen LogP contribution >= 0.6 is 0 Å². The Morgan fingerprint density at radius 2 is 1.31 bits per heavy atom. The van der Waals surface area contributed by atoms with Gasteiger partial charge in [0.15, 0.2) is 0 Å². The Balaban J connectivity index is 1.78. The molecule has 32 heavy (non-hydrogen) atoms. The van der Waals surface area contributed by atoms with E-state index < -0.39 is 5.41 Å². The predicted octanol–water partition coefficient (Wildman–Crippen LogP) is 5.45. The number of methoxy groups -OCH3 is 1. The molecule has 160 valence electrons. The van der Waals surface area contributed by atoms with E-state index >= 15 is 0 Å². The zero-order valence-electron chi connectivity index (χ0n) is 18.1. The van der Waals surface area contributed by atoms with E-state index in [0.29, 0.717) is 24.4 Å². The van der Waals surface area contributed by atoms with Gasteiger partial charge in [0.2, 0.25) is 11.8 Å². The molecule has 0 saturated heterocycles. The summed E-state index contributed by atoms with van der Waals surface area (Å²) in [6.07, 6.45) is 2.77. The summed E-state index contributed by atoms with van der Waals surface area (Å²) in [7, 11) is 1.57. The Morgan fingerprint density at radius 3 is 1.78 bits per heavy atom. The van der Waals surface area contributed by atoms with Crippen molar-refractivity contribution in [3.05, 3.63) is 126 Å². The van der Waals surface area contributed by atoms with Crippen molar-refractivity contribution in [3.8, 4) is 5.88 Å². The normalized spacial score (nSPS) is 11.0. The first-order valence-electron chi connectivity index (χ1n) is 10.6. The maximum absolute atomic E-state index is 14.0. The second-order valence-electron chi connectivity index (χ2n) is 7.82. The molecular weight excluding hydrogens is 396 g/mol. The van der Waals surface area contributed by atoms with E-state index in [4.69, 9.17) is 4.74 Å². The summed E-state index contributed by atoms with van der Waals surface area (Å²) in [5.41, 5.74) is 3.03. The first-order valence-corrected chi connectivity index (χ1v) is 10.6. The fourth-order valence-corrected chi connectivity index (χ4v) is 4.03. The minimum atomic E-state index is -0.802. The molecule has 4 heteroatoms. The fraction of sp³-hybridized carbons (Fsp3) is 0.143. The van der Waals surface area contributed by atoms with Crippen LogP contribution in [0.15, 0.2) is 109 Å². The molecule has 0 atom stereocenters. The van der Waals surface area contributed by atoms with Crippen LogP contribution < -0.4 is 10.1 Å². The highest BCUT2D eigenvalue weighted by Crippen LogP contribution is 2.34. The molecular formula is C28H26N2O2. The van der Waals surface area contributed by atoms with E-state index in [0.717, 1.165) is 16.7 Å². The van der Waals surface area contributed by atoms with Crippen molar-refractivity contribution < 1.29 is 9.53 Å². The molecule has 0 fully saturated rings. The van der Waals surface area contributed by atoms with Gasteiger partial charge in [-0.25, -0.2) is 4.98 Å². The molecule has 1 aromatic heterocycles. The summed E-state index contributed by atoms with van der Waals surface area (Å²) in [6.45, 7) is 0. The van der Waals surface area contributed by atoms with Crippen LogP contribution in [0.1, 0.15) is 16.7 Å². The topological polar surface area (TPSA) is 51.2 Å². The SMILES string of the molecule is COc1ccc(NC(=O)C(Cc2ccccc2)(Cc2ccccc2)c2ccccc2)cn1. The lowest BCUT2D eigenvalue weighted by Gasteiger charge is -2.34. The predicted molar refractivity (Wildman–Crippen MR) is 128 cm³/mol. The second kappa shape index (κ2) is 9.92. The summed E-state index contributed by atoms with van der Waals surface area (Å²) < 4.78 is 5.14. The molecule has 4 rings (SSSR count). The fourth-order valence-electron chi connectivity index (χ4n) is 4.03. The number of pyridine rings is 1. The third kappa shape index (κ3) is 4.86. The Kier molecular flexibility index (Phi) is 6.61. The molecule has 0 saturated carbocycles. The zero-order chi connectivity index (χ0) is 22.2. The minimum absolute atomic E-state index is 0.0663. The molecule has 3 aromatic carbocycles. The molecule has 4 aromatic rings. The molecule has 1 amide bonds. The van der Waals surface area contributed by atoms with Crippen LogP contribution in [-0.4, -0.2) is 18.0 Å². The smallest absolute Gasteiger partial charge is 0.235 e. The van der Waals surface area contributed by atoms with E-state index in [1.54, 1.807) is 19.4 Å². The van der Waals surface area contributed by atoms with Gasteiger partial charge < -0.3 is 10.1 Å². The largest absolute Gasteiger partial charge is 0.481 e. The van der Waals surface area contributed by atoms with Crippen molar-refractivity contribution in [1.82, 2.24) is 4.98 Å². The van der Waals surface area contributed by atoms with Gasteiger partial charge in [-0.15, -0.1) is 0 Å². The number of hydrogen-bond acceptors (Lipinski definition) is 3. The number of hydrogen-bond donors (Lipinski definition) is 1. The first-order chi connectivity index (χ1) is 15.7. The van der Waals surface area contributed by atoms with Gasteiger partial charge in [-0.2, -0.15) is 0 Å². The van der Waals surface area contributed by atoms with Gasteiger partial charge in [-0.3, -0.25) is 4.79 Å². The number of benzene rings is 3. The summed E-state index contributed by atoms with van der Waals surface area (Å²) >= 11 is 0. The van der Waals surface area contributed by atoms with Gasteiger partial charge in [0, 0.05) is 6.07 Å². The highest BCUT2D eigenvalue weighted by molar-refractivity contribution is 5.99. The number of aromatic nitrogens is 1. The molecule has 0 aliphatic carbocycles. The monoisotopic (exact) mass is 422 g/mol. The Hall–Kier alpha value is -3.92. The van der Waals surface area contributed by atoms with E-state index in [-0.39, 0.29) is 5.91 Å². The van der Waals surface area contributed by atoms with Crippen LogP contribution in [-0.2, 0) is 23.1 Å². The minimum Gasteiger partial charge on any atom is -0.481 e. The standard InChI is InChI=1S/C28H26N2O2/c1-32-26-18-17-25(21-29-26)30-27(31)28(24-15-9-4-10-16-24,19-22-11-5-2-6-12-22)20-23-13-7-3-8-14-23/h2-18,21H,19-20H2,1H3,(H,30,31). The second-order valence-corrected chi connectivity index (χ2v) is 7.82. The lowest BCUT2D eigenvalue weighted by atomic mass is 9.70. The third-order valence-corrected chi connectivity index (χ3v) is 5.66. The highest BCUT2D eigenvalue weighted by atomic mass is 16.5. The van der Waals surface area contributed by atoms with Crippen molar-refractivity contribution in [1.29, 1.82) is 0 Å². The molecule has 0 bridgehead atoms. The van der Waals surface area contributed by atoms with Crippen LogP contribution in [0.5, 0.6) is 5.88 Å². The van der Waals surface area contributed by atoms with Crippen molar-refractivity contribution in [2.45, 2.75) is 18.3 Å². The highest BCUT2D eigenvalue weighted by Gasteiger charge is 2.40. The molecule has 4 nitrogen and oxygen atoms in total. The quantitative estimate of drug-likeness (QED) is 0.411. The summed E-state index contributed by atoms with van der Waals surface area (Å²) in [5, 5.41) is 3.12. The van der Waals surface area contributed by atoms with Crippen LogP contribution in [0.25, 0.3) is 0 Å². The first kappa shape index (κ1) is 21.3. The Labute approximate surface area is 188 Å². The number of ether oxygens (including phenoxy) is 1. The number of nitrogens with zero attached hydrogens (tertiary/aromatic N) is 1. The van der Waals surface area contributed by atoms with Crippen molar-refractivity contribution in [3.63, 3.8) is 0 Å². The molecule has 0 unspecified atom stereocenters. The van der Waals surface area contributed by atoms with E-state index in [1.165, 1.54) is 0 Å². The van der Waals surface area contributed by atoms with Crippen molar-refractivity contribution in [2.24, 2.45) is 0 Å². The van der Waals surface area contributed by atoms with Crippen molar-refractivity contribution >= 4 is 11.6 Å². The molecule has 1 N–H and O–H groups in total. The maximum atomic E-state index is 14.0. The average molecular weight is 423 g/mol. The summed E-state index contributed by atoms with van der Waals surface area (Å²) in [6, 6.07) is 33.9. The van der Waals surface area contributed by atoms with Gasteiger partial charge in [0.05, 0.1) is 24.4 Å². The van der Waals surface area contributed by atoms with Gasteiger partial charge in [0.25, 0.3) is 0 Å². The summed E-state index contributed by atoms with van der Waals surface area (Å²) in [4.78, 5) is 18.3. The molecule has 0 aliphatic rings. The molecule has 0 spiro atoms. The third-order valence-electron chi connectivity index (χ3n) is 5.66. The zero-order valence-corrected chi connectivity index (χ0v) is 18.1. The number of carbonyl (C=O) groups excluding carboxylic acids is 1. The number of amides is 1. The van der Waals surface area contributed by atoms with Crippen molar-refractivity contribution in [2.75, 3.05) is 12.4 Å². The van der Waals surface area contributed by atoms with Gasteiger partial charge >= 0.3 is 0 Å². The van der Waals surface area contributed by atoms with Gasteiger partial charge in [-0.1, -0.05) is 91.0 Å². The van der Waals surface area contributed by atoms with E-state index in [1.807, 2.05) is 72.8 Å². The summed E-state index contributed by atoms with van der Waals surface area (Å²) in [5.74, 6) is 0.439. The number of nitrogens with one attached hydrogen (secondary N) is 1. The molecule has 1 heterocycles. The number of anilines is 1. The lowest BCUT2D eigenvalue weighted by Crippen LogP contribution is -2.44. The van der Waals surface area contributed by atoms with Crippen LogP contribution in [0.4, 0.5) is 5.69 Å². The maximum Gasteiger partial charge on any atom is 0.235 e. The van der Waals surface area contributed by atoms with Gasteiger partial charge in [0.1, 0.15) is 0 Å². The van der Waals surface area contributed by atoms with Crippen LogP contribution in [0.2, 0.25) is 0 Å². The van der Waals surface area contributed by atoms with E-state index in [2.05, 4.69) is 34.6 Å². The number of carbonyl (C=O) groups is 1. The molecule has 0 aliphatic heterocycles. The van der Waals surface area contributed by atoms with Crippen LogP contribution in [0, 0.1) is 0 Å². The van der Waals surface area contributed by atoms with Gasteiger partial charge in [-0.05, 0) is 35.6 Å². The van der Waals surface area contributed by atoms with Crippen LogP contribution in [0.3, 0.4) is 0 Å². The molecule has 0 radical (unpaired) electrons. The van der Waals surface area contributed by atoms with E-state index in [9.17, 15) is 4.79 Å². The number of rotatable bonds is 8. The Morgan fingerprint density at radius 1 is 0.781 bits per heavy atom. The lowest BCUT2D eigenvalue weighted by molar-refractivity contribution is -0.121. The Bertz CT molecular complexity index is 1090. The average Bonchev–Trinajstić information content (AvgIpc) is 2.86.